The number of aromatic nitrogens is 1. The Kier molecular flexibility index (Phi) is 6.14. The number of hydrazone groups is 1. The van der Waals surface area contributed by atoms with Crippen LogP contribution >= 0.6 is 11.3 Å². The van der Waals surface area contributed by atoms with E-state index in [0.29, 0.717) is 0 Å². The minimum absolute atomic E-state index is 0.910. The first kappa shape index (κ1) is 18.2. The zero-order valence-corrected chi connectivity index (χ0v) is 16.5. The van der Waals surface area contributed by atoms with Crippen molar-refractivity contribution in [2.45, 2.75) is 44.9 Å². The summed E-state index contributed by atoms with van der Waals surface area (Å²) in [4.78, 5) is 13.1. The van der Waals surface area contributed by atoms with Gasteiger partial charge in [0.1, 0.15) is 5.84 Å². The van der Waals surface area contributed by atoms with E-state index >= 15 is 0 Å². The lowest BCUT2D eigenvalue weighted by Gasteiger charge is -2.25. The summed E-state index contributed by atoms with van der Waals surface area (Å²) in [5.41, 5.74) is 5.33. The molecule has 2 aliphatic rings. The van der Waals surface area contributed by atoms with E-state index in [9.17, 15) is 0 Å². The predicted molar refractivity (Wildman–Crippen MR) is 115 cm³/mol. The molecular formula is C21H27N5S. The van der Waals surface area contributed by atoms with Crippen molar-refractivity contribution in [1.29, 1.82) is 0 Å². The molecule has 2 aromatic rings. The summed E-state index contributed by atoms with van der Waals surface area (Å²) in [5.74, 6) is 1.01. The van der Waals surface area contributed by atoms with Crippen molar-refractivity contribution < 1.29 is 0 Å². The van der Waals surface area contributed by atoms with Crippen molar-refractivity contribution in [3.8, 4) is 11.3 Å². The zero-order chi connectivity index (χ0) is 18.3. The second-order valence-corrected chi connectivity index (χ2v) is 8.14. The molecule has 0 unspecified atom stereocenters. The lowest BCUT2D eigenvalue weighted by molar-refractivity contribution is 0.577. The molecule has 0 saturated carbocycles. The van der Waals surface area contributed by atoms with Gasteiger partial charge in [0, 0.05) is 31.6 Å². The maximum Gasteiger partial charge on any atom is 0.186 e. The third-order valence-corrected chi connectivity index (χ3v) is 6.12. The van der Waals surface area contributed by atoms with Crippen molar-refractivity contribution in [2.24, 2.45) is 10.1 Å². The number of benzene rings is 1. The van der Waals surface area contributed by atoms with E-state index in [1.165, 1.54) is 38.5 Å². The maximum atomic E-state index is 4.98. The fraction of sp³-hybridized carbons (Fsp3) is 0.476. The second kappa shape index (κ2) is 9.13. The third-order valence-electron chi connectivity index (χ3n) is 5.07. The number of nitrogens with one attached hydrogen (secondary N) is 1. The Bertz CT molecular complexity index is 790. The topological polar surface area (TPSA) is 52.9 Å². The summed E-state index contributed by atoms with van der Waals surface area (Å²) in [6, 6.07) is 10.4. The van der Waals surface area contributed by atoms with Gasteiger partial charge in [0.2, 0.25) is 0 Å². The van der Waals surface area contributed by atoms with Gasteiger partial charge in [-0.2, -0.15) is 5.10 Å². The molecule has 0 atom stereocenters. The van der Waals surface area contributed by atoms with Crippen LogP contribution in [0.4, 0.5) is 5.13 Å². The predicted octanol–water partition coefficient (Wildman–Crippen LogP) is 4.70. The summed E-state index contributed by atoms with van der Waals surface area (Å²) in [7, 11) is 0. The molecule has 1 aromatic heterocycles. The molecule has 1 saturated heterocycles. The lowest BCUT2D eigenvalue weighted by atomic mass is 10.1. The van der Waals surface area contributed by atoms with E-state index in [-0.39, 0.29) is 0 Å². The number of thiazole rings is 1. The first-order chi connectivity index (χ1) is 13.4. The summed E-state index contributed by atoms with van der Waals surface area (Å²) < 4.78 is 0. The zero-order valence-electron chi connectivity index (χ0n) is 15.7. The van der Waals surface area contributed by atoms with Crippen LogP contribution in [0, 0.1) is 0 Å². The van der Waals surface area contributed by atoms with Gasteiger partial charge in [0.25, 0.3) is 0 Å². The highest BCUT2D eigenvalue weighted by molar-refractivity contribution is 7.17. The van der Waals surface area contributed by atoms with Gasteiger partial charge in [-0.15, -0.1) is 0 Å². The monoisotopic (exact) mass is 381 g/mol. The highest BCUT2D eigenvalue weighted by atomic mass is 32.1. The third kappa shape index (κ3) is 4.75. The van der Waals surface area contributed by atoms with E-state index in [0.717, 1.165) is 53.2 Å². The second-order valence-electron chi connectivity index (χ2n) is 7.13. The summed E-state index contributed by atoms with van der Waals surface area (Å²) in [5, 5.41) is 5.61. The molecule has 0 amide bonds. The fourth-order valence-corrected chi connectivity index (χ4v) is 4.57. The molecule has 5 nitrogen and oxygen atoms in total. The van der Waals surface area contributed by atoms with Crippen molar-refractivity contribution in [3.63, 3.8) is 0 Å². The van der Waals surface area contributed by atoms with Gasteiger partial charge >= 0.3 is 0 Å². The molecule has 0 radical (unpaired) electrons. The minimum atomic E-state index is 0.910. The Morgan fingerprint density at radius 3 is 2.67 bits per heavy atom. The molecular weight excluding hydrogens is 354 g/mol. The van der Waals surface area contributed by atoms with Crippen LogP contribution in [0.1, 0.15) is 49.8 Å². The molecule has 142 valence electrons. The molecule has 3 heterocycles. The molecule has 27 heavy (non-hydrogen) atoms. The number of aliphatic imine (C=N–C) groups is 1. The van der Waals surface area contributed by atoms with Gasteiger partial charge in [0.05, 0.1) is 16.8 Å². The first-order valence-corrected chi connectivity index (χ1v) is 10.9. The number of amidine groups is 1. The molecule has 2 aliphatic heterocycles. The standard InChI is InChI=1S/C21H27N5S/c1-4-10-17(11-5-1)20-18(16-23-25-19-12-6-2-7-13-22-19)27-21(24-20)26-14-8-3-9-15-26/h1,4-5,10-11,16H,2-3,6-9,12-15H2,(H,22,25)/b23-16+. The molecule has 0 aliphatic carbocycles. The van der Waals surface area contributed by atoms with E-state index in [4.69, 9.17) is 4.98 Å². The Balaban J connectivity index is 1.56. The maximum absolute atomic E-state index is 4.98. The average molecular weight is 382 g/mol. The molecule has 1 N–H and O–H groups in total. The number of anilines is 1. The van der Waals surface area contributed by atoms with Gasteiger partial charge in [0.15, 0.2) is 5.13 Å². The molecule has 6 heteroatoms. The Hall–Kier alpha value is -2.21. The van der Waals surface area contributed by atoms with Crippen molar-refractivity contribution in [3.05, 3.63) is 35.2 Å². The highest BCUT2D eigenvalue weighted by Gasteiger charge is 2.18. The number of rotatable bonds is 4. The lowest BCUT2D eigenvalue weighted by Crippen LogP contribution is -2.29. The number of hydrogen-bond acceptors (Lipinski definition) is 6. The average Bonchev–Trinajstić information content (AvgIpc) is 2.98. The summed E-state index contributed by atoms with van der Waals surface area (Å²) in [6.07, 6.45) is 10.4. The normalized spacial score (nSPS) is 18.4. The highest BCUT2D eigenvalue weighted by Crippen LogP contribution is 2.33. The summed E-state index contributed by atoms with van der Waals surface area (Å²) in [6.45, 7) is 3.12. The molecule has 1 fully saturated rings. The van der Waals surface area contributed by atoms with Crippen LogP contribution < -0.4 is 10.3 Å². The molecule has 0 bridgehead atoms. The van der Waals surface area contributed by atoms with Crippen molar-refractivity contribution in [2.75, 3.05) is 24.5 Å². The van der Waals surface area contributed by atoms with Gasteiger partial charge < -0.3 is 4.90 Å². The van der Waals surface area contributed by atoms with Gasteiger partial charge in [-0.05, 0) is 32.1 Å². The van der Waals surface area contributed by atoms with Gasteiger partial charge in [-0.3, -0.25) is 10.4 Å². The van der Waals surface area contributed by atoms with Gasteiger partial charge in [-0.1, -0.05) is 48.1 Å². The van der Waals surface area contributed by atoms with E-state index in [1.54, 1.807) is 11.3 Å². The Morgan fingerprint density at radius 2 is 1.81 bits per heavy atom. The molecule has 4 rings (SSSR count). The molecule has 1 aromatic carbocycles. The smallest absolute Gasteiger partial charge is 0.186 e. The van der Waals surface area contributed by atoms with E-state index in [1.807, 2.05) is 12.3 Å². The first-order valence-electron chi connectivity index (χ1n) is 10.0. The van der Waals surface area contributed by atoms with Crippen LogP contribution in [-0.4, -0.2) is 36.7 Å². The Morgan fingerprint density at radius 1 is 1.00 bits per heavy atom. The Labute approximate surface area is 165 Å². The van der Waals surface area contributed by atoms with Crippen LogP contribution in [0.3, 0.4) is 0 Å². The number of nitrogens with zero attached hydrogens (tertiary/aromatic N) is 4. The van der Waals surface area contributed by atoms with Crippen LogP contribution in [0.5, 0.6) is 0 Å². The van der Waals surface area contributed by atoms with Gasteiger partial charge in [-0.25, -0.2) is 4.98 Å². The quantitative estimate of drug-likeness (QED) is 0.617. The summed E-state index contributed by atoms with van der Waals surface area (Å²) >= 11 is 1.74. The van der Waals surface area contributed by atoms with Crippen LogP contribution in [-0.2, 0) is 0 Å². The van der Waals surface area contributed by atoms with Crippen LogP contribution in [0.15, 0.2) is 40.4 Å². The van der Waals surface area contributed by atoms with E-state index < -0.39 is 0 Å². The largest absolute Gasteiger partial charge is 0.348 e. The van der Waals surface area contributed by atoms with Crippen molar-refractivity contribution >= 4 is 28.5 Å². The number of piperidine rings is 1. The van der Waals surface area contributed by atoms with E-state index in [2.05, 4.69) is 44.7 Å². The SMILES string of the molecule is C(=N\NC1=NCCCCC1)/c1sc(N2CCCCC2)nc1-c1ccccc1. The number of hydrogen-bond donors (Lipinski definition) is 1. The minimum Gasteiger partial charge on any atom is -0.348 e. The van der Waals surface area contributed by atoms with Crippen LogP contribution in [0.25, 0.3) is 11.3 Å². The molecule has 0 spiro atoms. The fourth-order valence-electron chi connectivity index (χ4n) is 3.56. The van der Waals surface area contributed by atoms with Crippen LogP contribution in [0.2, 0.25) is 0 Å². The van der Waals surface area contributed by atoms with Crippen molar-refractivity contribution in [1.82, 2.24) is 10.4 Å².